The van der Waals surface area contributed by atoms with Gasteiger partial charge in [-0.15, -0.1) is 0 Å². The lowest BCUT2D eigenvalue weighted by Gasteiger charge is -2.41. The number of esters is 2. The van der Waals surface area contributed by atoms with Crippen molar-refractivity contribution in [1.82, 2.24) is 0 Å². The Kier molecular flexibility index (Phi) is 3.42. The van der Waals surface area contributed by atoms with Crippen LogP contribution in [0.2, 0.25) is 0 Å². The number of fused-ring (bicyclic) bond motifs is 1. The summed E-state index contributed by atoms with van der Waals surface area (Å²) in [6.45, 7) is 0. The number of thiol groups is 1. The van der Waals surface area contributed by atoms with E-state index in [1.54, 1.807) is 0 Å². The van der Waals surface area contributed by atoms with E-state index < -0.39 is 34.1 Å². The highest BCUT2D eigenvalue weighted by molar-refractivity contribution is 7.74. The van der Waals surface area contributed by atoms with Crippen LogP contribution >= 0.6 is 0 Å². The van der Waals surface area contributed by atoms with Crippen LogP contribution in [0.25, 0.3) is 0 Å². The number of hydrogen-bond acceptors (Lipinski definition) is 6. The van der Waals surface area contributed by atoms with Gasteiger partial charge < -0.3 is 9.47 Å². The fraction of sp³-hybridized carbons (Fsp3) is 0.833. The van der Waals surface area contributed by atoms with Crippen molar-refractivity contribution in [2.45, 2.75) is 43.1 Å². The first kappa shape index (κ1) is 14.7. The Morgan fingerprint density at radius 2 is 1.95 bits per heavy atom. The Bertz CT molecular complexity index is 552. The van der Waals surface area contributed by atoms with Gasteiger partial charge >= 0.3 is 17.2 Å². The van der Waals surface area contributed by atoms with Crippen LogP contribution in [0.3, 0.4) is 0 Å². The molecule has 5 atom stereocenters. The molecule has 0 aromatic rings. The van der Waals surface area contributed by atoms with E-state index >= 15 is 0 Å². The molecule has 2 aliphatic heterocycles. The summed E-state index contributed by atoms with van der Waals surface area (Å²) in [6, 6.07) is 0. The number of alkyl halides is 2. The molecular weight excluding hydrogens is 310 g/mol. The summed E-state index contributed by atoms with van der Waals surface area (Å²) in [4.78, 5) is 23.2. The van der Waals surface area contributed by atoms with E-state index in [-0.39, 0.29) is 23.7 Å². The highest BCUT2D eigenvalue weighted by atomic mass is 32.2. The second-order valence-electron chi connectivity index (χ2n) is 5.91. The normalized spacial score (nSPS) is 38.2. The molecule has 2 saturated carbocycles. The summed E-state index contributed by atoms with van der Waals surface area (Å²) in [7, 11) is -4.26. The molecule has 5 unspecified atom stereocenters. The molecule has 0 amide bonds. The molecular formula is C12H14F2O6S. The topological polar surface area (TPSA) is 86.7 Å². The molecule has 4 bridgehead atoms. The molecule has 4 rings (SSSR count). The van der Waals surface area contributed by atoms with Gasteiger partial charge in [0.15, 0.2) is 0 Å². The molecule has 6 nitrogen and oxygen atoms in total. The summed E-state index contributed by atoms with van der Waals surface area (Å²) < 4.78 is 57.1. The SMILES string of the molecule is O=C1OC2CC3CC1CC(C3)C2OC(=O)C(F)(F)[SH](=O)=O. The monoisotopic (exact) mass is 324 g/mol. The lowest BCUT2D eigenvalue weighted by Crippen LogP contribution is -2.48. The Morgan fingerprint density at radius 1 is 1.24 bits per heavy atom. The highest BCUT2D eigenvalue weighted by Gasteiger charge is 2.54. The molecule has 0 aromatic carbocycles. The Hall–Kier alpha value is -1.25. The van der Waals surface area contributed by atoms with Crippen molar-refractivity contribution in [3.05, 3.63) is 0 Å². The maximum atomic E-state index is 13.2. The zero-order valence-electron chi connectivity index (χ0n) is 10.9. The van der Waals surface area contributed by atoms with Crippen LogP contribution in [0.4, 0.5) is 8.78 Å². The predicted octanol–water partition coefficient (Wildman–Crippen LogP) is 0.464. The van der Waals surface area contributed by atoms with Crippen molar-refractivity contribution in [3.63, 3.8) is 0 Å². The average Bonchev–Trinajstić information content (AvgIpc) is 2.56. The molecule has 9 heteroatoms. The molecule has 0 aromatic heterocycles. The van der Waals surface area contributed by atoms with Crippen LogP contribution < -0.4 is 0 Å². The average molecular weight is 324 g/mol. The van der Waals surface area contributed by atoms with Crippen LogP contribution in [0.1, 0.15) is 25.7 Å². The molecule has 118 valence electrons. The molecule has 4 fully saturated rings. The summed E-state index contributed by atoms with van der Waals surface area (Å²) in [5, 5.41) is -4.55. The zero-order valence-corrected chi connectivity index (χ0v) is 11.8. The van der Waals surface area contributed by atoms with Crippen molar-refractivity contribution < 1.29 is 36.3 Å². The minimum Gasteiger partial charge on any atom is -0.458 e. The summed E-state index contributed by atoms with van der Waals surface area (Å²) in [6.07, 6.45) is 0.554. The third kappa shape index (κ3) is 2.41. The Labute approximate surface area is 120 Å². The van der Waals surface area contributed by atoms with E-state index in [0.717, 1.165) is 6.42 Å². The van der Waals surface area contributed by atoms with Gasteiger partial charge in [-0.1, -0.05) is 0 Å². The van der Waals surface area contributed by atoms with Crippen molar-refractivity contribution in [2.75, 3.05) is 0 Å². The maximum Gasteiger partial charge on any atom is 0.437 e. The zero-order chi connectivity index (χ0) is 15.4. The fourth-order valence-electron chi connectivity index (χ4n) is 3.71. The van der Waals surface area contributed by atoms with E-state index in [1.165, 1.54) is 0 Å². The highest BCUT2D eigenvalue weighted by Crippen LogP contribution is 2.48. The Morgan fingerprint density at radius 3 is 2.62 bits per heavy atom. The van der Waals surface area contributed by atoms with E-state index in [1.807, 2.05) is 0 Å². The number of carbonyl (C=O) groups is 2. The molecule has 2 heterocycles. The predicted molar refractivity (Wildman–Crippen MR) is 64.0 cm³/mol. The lowest BCUT2D eigenvalue weighted by atomic mass is 9.67. The van der Waals surface area contributed by atoms with Gasteiger partial charge in [-0.25, -0.2) is 13.2 Å². The molecule has 2 aliphatic carbocycles. The fourth-order valence-corrected chi connectivity index (χ4v) is 3.91. The summed E-state index contributed by atoms with van der Waals surface area (Å²) in [5.41, 5.74) is 0. The van der Waals surface area contributed by atoms with Crippen molar-refractivity contribution in [2.24, 2.45) is 17.8 Å². The van der Waals surface area contributed by atoms with Crippen LogP contribution in [0.15, 0.2) is 0 Å². The van der Waals surface area contributed by atoms with E-state index in [2.05, 4.69) is 0 Å². The van der Waals surface area contributed by atoms with Crippen molar-refractivity contribution in [3.8, 4) is 0 Å². The number of rotatable bonds is 3. The first-order valence-corrected chi connectivity index (χ1v) is 7.90. The lowest BCUT2D eigenvalue weighted by molar-refractivity contribution is -0.185. The quantitative estimate of drug-likeness (QED) is 0.600. The molecule has 0 radical (unpaired) electrons. The van der Waals surface area contributed by atoms with Crippen LogP contribution in [-0.4, -0.2) is 37.8 Å². The van der Waals surface area contributed by atoms with Crippen molar-refractivity contribution >= 4 is 22.6 Å². The standard InChI is InChI=1S/C12H14F2O6S/c13-12(14,21(17)18)11(16)20-9-6-1-5-2-7(4-6)10(15)19-8(9)3-5/h5-9,21H,1-4H2. The van der Waals surface area contributed by atoms with Crippen molar-refractivity contribution in [1.29, 1.82) is 0 Å². The minimum atomic E-state index is -4.55. The second-order valence-corrected chi connectivity index (χ2v) is 6.99. The second kappa shape index (κ2) is 4.89. The smallest absolute Gasteiger partial charge is 0.437 e. The molecule has 21 heavy (non-hydrogen) atoms. The maximum absolute atomic E-state index is 13.2. The largest absolute Gasteiger partial charge is 0.458 e. The third-order valence-corrected chi connectivity index (χ3v) is 5.20. The first-order valence-electron chi connectivity index (χ1n) is 6.73. The molecule has 4 aliphatic rings. The summed E-state index contributed by atoms with van der Waals surface area (Å²) in [5.74, 6) is -2.72. The van der Waals surface area contributed by atoms with Gasteiger partial charge in [-0.3, -0.25) is 4.79 Å². The van der Waals surface area contributed by atoms with Gasteiger partial charge in [0, 0.05) is 5.92 Å². The van der Waals surface area contributed by atoms with Gasteiger partial charge in [0.25, 0.3) is 0 Å². The van der Waals surface area contributed by atoms with Gasteiger partial charge in [-0.2, -0.15) is 8.78 Å². The minimum absolute atomic E-state index is 0.233. The Balaban J connectivity index is 1.80. The third-order valence-electron chi connectivity index (χ3n) is 4.56. The van der Waals surface area contributed by atoms with E-state index in [9.17, 15) is 26.8 Å². The van der Waals surface area contributed by atoms with E-state index in [4.69, 9.17) is 9.47 Å². The molecule has 0 spiro atoms. The number of hydrogen-bond donors (Lipinski definition) is 1. The van der Waals surface area contributed by atoms with Gasteiger partial charge in [0.1, 0.15) is 12.2 Å². The van der Waals surface area contributed by atoms with Crippen LogP contribution in [-0.2, 0) is 29.8 Å². The number of ether oxygens (including phenoxy) is 2. The first-order chi connectivity index (χ1) is 9.79. The van der Waals surface area contributed by atoms with Crippen LogP contribution in [0, 0.1) is 17.8 Å². The summed E-state index contributed by atoms with van der Waals surface area (Å²) >= 11 is 0. The van der Waals surface area contributed by atoms with Gasteiger partial charge in [0.2, 0.25) is 10.7 Å². The molecule has 0 N–H and O–H groups in total. The number of halogens is 2. The van der Waals surface area contributed by atoms with E-state index in [0.29, 0.717) is 19.3 Å². The van der Waals surface area contributed by atoms with Crippen LogP contribution in [0.5, 0.6) is 0 Å². The van der Waals surface area contributed by atoms with Gasteiger partial charge in [0.05, 0.1) is 5.92 Å². The number of carbonyl (C=O) groups excluding carboxylic acids is 2. The van der Waals surface area contributed by atoms with Gasteiger partial charge in [-0.05, 0) is 31.6 Å². The molecule has 2 saturated heterocycles.